The predicted octanol–water partition coefficient (Wildman–Crippen LogP) is 12.7. The second kappa shape index (κ2) is 15.3. The van der Waals surface area contributed by atoms with E-state index in [1.807, 2.05) is 0 Å². The van der Waals surface area contributed by atoms with Crippen LogP contribution in [-0.4, -0.2) is 25.0 Å². The SMILES string of the molecule is C[C@@H](O[Si](C)(C)C(C)(C)C)c1cccc(P(c2cccc([C@@H](C)O[Si](C)(C)C(C)(C)C)c2)c2cccc([C@@H](C)O[Si](C)(C)C(C)(C)C)c2)c1. The zero-order valence-electron chi connectivity index (χ0n) is 34.3. The summed E-state index contributed by atoms with van der Waals surface area (Å²) >= 11 is 0. The number of hydrogen-bond acceptors (Lipinski definition) is 3. The van der Waals surface area contributed by atoms with E-state index in [0.29, 0.717) is 0 Å². The van der Waals surface area contributed by atoms with E-state index >= 15 is 0 Å². The molecule has 0 spiro atoms. The molecule has 0 aliphatic heterocycles. The number of benzene rings is 3. The molecule has 3 atom stereocenters. The van der Waals surface area contributed by atoms with Gasteiger partial charge in [0.15, 0.2) is 25.0 Å². The van der Waals surface area contributed by atoms with Gasteiger partial charge in [0.1, 0.15) is 0 Å². The number of rotatable bonds is 12. The van der Waals surface area contributed by atoms with Crippen LogP contribution < -0.4 is 15.9 Å². The van der Waals surface area contributed by atoms with Crippen molar-refractivity contribution in [2.75, 3.05) is 0 Å². The summed E-state index contributed by atoms with van der Waals surface area (Å²) in [6.45, 7) is 41.6. The Bertz CT molecular complexity index is 1360. The molecule has 0 unspecified atom stereocenters. The molecule has 0 aliphatic carbocycles. The highest BCUT2D eigenvalue weighted by Gasteiger charge is 2.41. The topological polar surface area (TPSA) is 27.7 Å². The van der Waals surface area contributed by atoms with Gasteiger partial charge in [-0.3, -0.25) is 0 Å². The lowest BCUT2D eigenvalue weighted by atomic mass is 10.1. The maximum absolute atomic E-state index is 6.90. The summed E-state index contributed by atoms with van der Waals surface area (Å²) < 4.78 is 20.7. The van der Waals surface area contributed by atoms with Gasteiger partial charge in [0.2, 0.25) is 0 Å². The molecule has 0 saturated heterocycles. The van der Waals surface area contributed by atoms with E-state index in [2.05, 4.69) is 195 Å². The quantitative estimate of drug-likeness (QED) is 0.137. The fourth-order valence-electron chi connectivity index (χ4n) is 5.26. The van der Waals surface area contributed by atoms with Gasteiger partial charge in [-0.15, -0.1) is 0 Å². The first-order valence-corrected chi connectivity index (χ1v) is 28.4. The Balaban J connectivity index is 2.15. The molecule has 3 aromatic rings. The molecule has 3 rings (SSSR count). The minimum atomic E-state index is -1.95. The van der Waals surface area contributed by atoms with E-state index in [1.165, 1.54) is 32.6 Å². The summed E-state index contributed by atoms with van der Waals surface area (Å²) in [6, 6.07) is 27.6. The van der Waals surface area contributed by atoms with Crippen molar-refractivity contribution in [2.24, 2.45) is 0 Å². The van der Waals surface area contributed by atoms with Gasteiger partial charge in [0.05, 0.1) is 18.3 Å². The van der Waals surface area contributed by atoms with Crippen LogP contribution in [0.3, 0.4) is 0 Å². The van der Waals surface area contributed by atoms with Crippen LogP contribution >= 0.6 is 7.92 Å². The van der Waals surface area contributed by atoms with Crippen molar-refractivity contribution >= 4 is 48.8 Å². The molecule has 0 bridgehead atoms. The zero-order valence-corrected chi connectivity index (χ0v) is 38.2. The zero-order chi connectivity index (χ0) is 37.4. The summed E-state index contributed by atoms with van der Waals surface area (Å²) in [5.41, 5.74) is 3.73. The van der Waals surface area contributed by atoms with Crippen LogP contribution in [-0.2, 0) is 13.3 Å². The Hall–Kier alpha value is -1.38. The Morgan fingerprint density at radius 1 is 0.429 bits per heavy atom. The van der Waals surface area contributed by atoms with Crippen molar-refractivity contribution in [1.82, 2.24) is 0 Å². The molecule has 0 N–H and O–H groups in total. The standard InChI is InChI=1S/C42H69O3PSi3/c1-31(43-47(13,14)40(4,5)6)34-22-19-25-37(28-34)46(38-26-20-23-35(29-38)32(2)44-48(15,16)41(7,8)9)39-27-21-24-36(30-39)33(3)45-49(17,18)42(10,11)12/h19-33H,1-18H3/t31-,32-,33-/m1/s1. The van der Waals surface area contributed by atoms with Crippen LogP contribution in [0.2, 0.25) is 54.4 Å². The molecule has 0 aromatic heterocycles. The highest BCUT2D eigenvalue weighted by atomic mass is 31.1. The normalized spacial score (nSPS) is 15.7. The first kappa shape index (κ1) is 42.0. The molecule has 0 amide bonds. The van der Waals surface area contributed by atoms with E-state index in [-0.39, 0.29) is 33.4 Å². The Kier molecular flexibility index (Phi) is 13.1. The second-order valence-electron chi connectivity index (χ2n) is 18.7. The van der Waals surface area contributed by atoms with Crippen LogP contribution in [0.1, 0.15) is 118 Å². The van der Waals surface area contributed by atoms with Crippen molar-refractivity contribution in [1.29, 1.82) is 0 Å². The van der Waals surface area contributed by atoms with Crippen molar-refractivity contribution < 1.29 is 13.3 Å². The summed E-state index contributed by atoms with van der Waals surface area (Å²) in [4.78, 5) is 0. The van der Waals surface area contributed by atoms with Gasteiger partial charge < -0.3 is 13.3 Å². The van der Waals surface area contributed by atoms with E-state index in [0.717, 1.165) is 0 Å². The Morgan fingerprint density at radius 2 is 0.653 bits per heavy atom. The molecule has 0 saturated carbocycles. The van der Waals surface area contributed by atoms with Gasteiger partial charge in [-0.25, -0.2) is 0 Å². The van der Waals surface area contributed by atoms with Gasteiger partial charge in [-0.2, -0.15) is 0 Å². The smallest absolute Gasteiger partial charge is 0.192 e. The third-order valence-electron chi connectivity index (χ3n) is 11.6. The van der Waals surface area contributed by atoms with Crippen molar-refractivity contribution in [2.45, 2.75) is 156 Å². The lowest BCUT2D eigenvalue weighted by molar-refractivity contribution is 0.203. The van der Waals surface area contributed by atoms with Crippen LogP contribution in [0.25, 0.3) is 0 Å². The largest absolute Gasteiger partial charge is 0.410 e. The summed E-state index contributed by atoms with van der Waals surface area (Å²) in [5, 5.41) is 4.46. The van der Waals surface area contributed by atoms with Gasteiger partial charge >= 0.3 is 0 Å². The van der Waals surface area contributed by atoms with Crippen LogP contribution in [0.15, 0.2) is 72.8 Å². The summed E-state index contributed by atoms with van der Waals surface area (Å²) in [6.07, 6.45) is 0.0594. The average Bonchev–Trinajstić information content (AvgIpc) is 2.95. The van der Waals surface area contributed by atoms with E-state index in [4.69, 9.17) is 13.3 Å². The van der Waals surface area contributed by atoms with Gasteiger partial charge in [0, 0.05) is 0 Å². The lowest BCUT2D eigenvalue weighted by Crippen LogP contribution is -2.41. The second-order valence-corrected chi connectivity index (χ2v) is 35.2. The molecule has 0 fully saturated rings. The maximum atomic E-state index is 6.90. The Morgan fingerprint density at radius 3 is 0.857 bits per heavy atom. The highest BCUT2D eigenvalue weighted by molar-refractivity contribution is 7.79. The fraction of sp³-hybridized carbons (Fsp3) is 0.571. The Labute approximate surface area is 306 Å². The molecule has 3 aromatic carbocycles. The van der Waals surface area contributed by atoms with Crippen LogP contribution in [0.5, 0.6) is 0 Å². The number of hydrogen-bond donors (Lipinski definition) is 0. The molecule has 3 nitrogen and oxygen atoms in total. The molecule has 272 valence electrons. The highest BCUT2D eigenvalue weighted by Crippen LogP contribution is 2.43. The van der Waals surface area contributed by atoms with Gasteiger partial charge in [-0.05, 0) is 134 Å². The van der Waals surface area contributed by atoms with E-state index in [9.17, 15) is 0 Å². The minimum absolute atomic E-state index is 0.0198. The van der Waals surface area contributed by atoms with Crippen molar-refractivity contribution in [3.05, 3.63) is 89.5 Å². The van der Waals surface area contributed by atoms with Gasteiger partial charge in [-0.1, -0.05) is 117 Å². The first-order chi connectivity index (χ1) is 22.2. The third-order valence-corrected chi connectivity index (χ3v) is 27.7. The summed E-state index contributed by atoms with van der Waals surface area (Å²) in [5.74, 6) is 0. The van der Waals surface area contributed by atoms with Crippen LogP contribution in [0.4, 0.5) is 0 Å². The predicted molar refractivity (Wildman–Crippen MR) is 225 cm³/mol. The van der Waals surface area contributed by atoms with Crippen molar-refractivity contribution in [3.63, 3.8) is 0 Å². The van der Waals surface area contributed by atoms with Crippen molar-refractivity contribution in [3.8, 4) is 0 Å². The summed E-state index contributed by atoms with van der Waals surface area (Å²) in [7, 11) is -6.71. The average molecular weight is 737 g/mol. The maximum Gasteiger partial charge on any atom is 0.192 e. The molecule has 7 heteroatoms. The molecule has 0 aliphatic rings. The van der Waals surface area contributed by atoms with E-state index < -0.39 is 32.9 Å². The lowest BCUT2D eigenvalue weighted by Gasteiger charge is -2.39. The van der Waals surface area contributed by atoms with Gasteiger partial charge in [0.25, 0.3) is 0 Å². The molecule has 0 heterocycles. The minimum Gasteiger partial charge on any atom is -0.410 e. The molecule has 0 radical (unpaired) electrons. The molecule has 49 heavy (non-hydrogen) atoms. The monoisotopic (exact) mass is 736 g/mol. The van der Waals surface area contributed by atoms with Crippen LogP contribution in [0, 0.1) is 0 Å². The molecular weight excluding hydrogens is 668 g/mol. The van der Waals surface area contributed by atoms with E-state index in [1.54, 1.807) is 0 Å². The molecular formula is C42H69O3PSi3. The first-order valence-electron chi connectivity index (χ1n) is 18.3. The third kappa shape index (κ3) is 10.4. The fourth-order valence-corrected chi connectivity index (χ4v) is 11.8.